The molecular formula is C16H20BF2N3O-2. The van der Waals surface area contributed by atoms with Crippen LogP contribution >= 0.6 is 0 Å². The summed E-state index contributed by atoms with van der Waals surface area (Å²) < 4.78 is 31.4. The van der Waals surface area contributed by atoms with E-state index in [4.69, 9.17) is 0 Å². The van der Waals surface area contributed by atoms with E-state index in [9.17, 15) is 4.79 Å². The van der Waals surface area contributed by atoms with Crippen LogP contribution in [-0.4, -0.2) is 34.8 Å². The highest BCUT2D eigenvalue weighted by Crippen LogP contribution is 2.39. The number of amides is 1. The fraction of sp³-hybridized carbons (Fsp3) is 0.375. The lowest BCUT2D eigenvalue weighted by Crippen LogP contribution is -2.57. The van der Waals surface area contributed by atoms with Crippen molar-refractivity contribution in [3.8, 4) is 0 Å². The first-order valence-corrected chi connectivity index (χ1v) is 7.81. The molecule has 1 aromatic rings. The second-order valence-corrected chi connectivity index (χ2v) is 6.10. The van der Waals surface area contributed by atoms with Crippen molar-refractivity contribution < 1.29 is 13.4 Å². The van der Waals surface area contributed by atoms with Crippen LogP contribution in [-0.2, 0) is 4.79 Å². The molecule has 1 aromatic heterocycles. The quantitative estimate of drug-likeness (QED) is 0.684. The van der Waals surface area contributed by atoms with Gasteiger partial charge in [0.25, 0.3) is 0 Å². The van der Waals surface area contributed by atoms with Crippen molar-refractivity contribution in [2.24, 2.45) is 0 Å². The SMILES string of the molecule is [CH2-]CNC(=O)CCC1C=CC2=Cc3c(C)cc(C)n3[B-](F)(F)N21. The Bertz CT molecular complexity index is 708. The summed E-state index contributed by atoms with van der Waals surface area (Å²) >= 11 is 0. The summed E-state index contributed by atoms with van der Waals surface area (Å²) in [6.45, 7) is 3.49. The Labute approximate surface area is 134 Å². The molecule has 0 saturated heterocycles. The minimum absolute atomic E-state index is 0.160. The maximum atomic E-state index is 15.1. The van der Waals surface area contributed by atoms with E-state index < -0.39 is 13.0 Å². The molecular weight excluding hydrogens is 299 g/mol. The van der Waals surface area contributed by atoms with Crippen molar-refractivity contribution in [1.29, 1.82) is 0 Å². The first-order valence-electron chi connectivity index (χ1n) is 7.81. The van der Waals surface area contributed by atoms with Gasteiger partial charge in [0.2, 0.25) is 5.91 Å². The second-order valence-electron chi connectivity index (χ2n) is 6.10. The standard InChI is InChI=1S/C16H20BF2N3O/c1-4-20-16(23)8-7-13-5-6-14-10-15-11(2)9-12(3)21(15)17(18,19)22(13)14/h5-6,9-10,13H,1,4,7-8H2,2-3H3,(H,20,23)/q-2. The number of nitrogens with one attached hydrogen (secondary N) is 1. The Morgan fingerprint density at radius 3 is 2.87 bits per heavy atom. The number of rotatable bonds is 4. The number of fused-ring (bicyclic) bond motifs is 2. The lowest BCUT2D eigenvalue weighted by molar-refractivity contribution is -0.121. The number of nitrogens with zero attached hydrogens (tertiary/aromatic N) is 2. The molecule has 0 radical (unpaired) electrons. The summed E-state index contributed by atoms with van der Waals surface area (Å²) in [5.41, 5.74) is 2.49. The molecule has 3 heterocycles. The minimum atomic E-state index is -3.91. The zero-order valence-corrected chi connectivity index (χ0v) is 13.4. The number of allylic oxidation sites excluding steroid dienone is 1. The lowest BCUT2D eigenvalue weighted by Gasteiger charge is -2.47. The van der Waals surface area contributed by atoms with Crippen LogP contribution in [0.4, 0.5) is 8.63 Å². The molecule has 1 atom stereocenters. The van der Waals surface area contributed by atoms with Crippen LogP contribution in [0.1, 0.15) is 29.8 Å². The van der Waals surface area contributed by atoms with Crippen molar-refractivity contribution in [2.75, 3.05) is 6.54 Å². The van der Waals surface area contributed by atoms with Crippen molar-refractivity contribution in [3.05, 3.63) is 47.8 Å². The van der Waals surface area contributed by atoms with Crippen molar-refractivity contribution in [1.82, 2.24) is 14.6 Å². The van der Waals surface area contributed by atoms with Gasteiger partial charge >= 0.3 is 6.97 Å². The molecule has 0 bridgehead atoms. The van der Waals surface area contributed by atoms with E-state index in [-0.39, 0.29) is 12.3 Å². The molecule has 4 nitrogen and oxygen atoms in total. The average molecular weight is 319 g/mol. The number of hydrogen-bond donors (Lipinski definition) is 1. The van der Waals surface area contributed by atoms with Gasteiger partial charge in [-0.05, 0) is 49.7 Å². The summed E-state index contributed by atoms with van der Waals surface area (Å²) in [5.74, 6) is -0.160. The molecule has 0 saturated carbocycles. The van der Waals surface area contributed by atoms with Gasteiger partial charge in [-0.15, -0.1) is 6.54 Å². The molecule has 0 spiro atoms. The zero-order valence-electron chi connectivity index (χ0n) is 13.4. The normalized spacial score (nSPS) is 21.0. The van der Waals surface area contributed by atoms with Crippen LogP contribution in [0, 0.1) is 20.8 Å². The van der Waals surface area contributed by atoms with Gasteiger partial charge in [0, 0.05) is 23.9 Å². The predicted molar refractivity (Wildman–Crippen MR) is 87.6 cm³/mol. The number of carbonyl (C=O) groups is 1. The molecule has 0 fully saturated rings. The zero-order chi connectivity index (χ0) is 16.8. The van der Waals surface area contributed by atoms with E-state index in [2.05, 4.69) is 12.2 Å². The predicted octanol–water partition coefficient (Wildman–Crippen LogP) is 2.65. The summed E-state index contributed by atoms with van der Waals surface area (Å²) in [6, 6.07) is 1.31. The van der Waals surface area contributed by atoms with Gasteiger partial charge in [-0.2, -0.15) is 0 Å². The molecule has 1 N–H and O–H groups in total. The van der Waals surface area contributed by atoms with Gasteiger partial charge < -0.3 is 30.2 Å². The first kappa shape index (κ1) is 15.8. The fourth-order valence-corrected chi connectivity index (χ4v) is 3.55. The van der Waals surface area contributed by atoms with Gasteiger partial charge in [0.15, 0.2) is 0 Å². The maximum Gasteiger partial charge on any atom is 0.529 e. The summed E-state index contributed by atoms with van der Waals surface area (Å²) in [7, 11) is 0. The van der Waals surface area contributed by atoms with E-state index in [1.165, 1.54) is 0 Å². The highest BCUT2D eigenvalue weighted by atomic mass is 19.2. The van der Waals surface area contributed by atoms with Crippen LogP contribution in [0.5, 0.6) is 0 Å². The van der Waals surface area contributed by atoms with Crippen LogP contribution < -0.4 is 5.32 Å². The third-order valence-electron chi connectivity index (χ3n) is 4.53. The van der Waals surface area contributed by atoms with Gasteiger partial charge in [0.05, 0.1) is 0 Å². The number of halogens is 2. The fourth-order valence-electron chi connectivity index (χ4n) is 3.55. The molecule has 0 aromatic carbocycles. The van der Waals surface area contributed by atoms with E-state index in [1.54, 1.807) is 31.2 Å². The van der Waals surface area contributed by atoms with E-state index in [1.807, 2.05) is 6.92 Å². The van der Waals surface area contributed by atoms with Crippen LogP contribution in [0.25, 0.3) is 6.08 Å². The number of hydrogen-bond acceptors (Lipinski definition) is 2. The molecule has 2 aliphatic heterocycles. The summed E-state index contributed by atoms with van der Waals surface area (Å²) in [5, 5.41) is 2.60. The van der Waals surface area contributed by atoms with E-state index in [0.717, 1.165) is 14.9 Å². The van der Waals surface area contributed by atoms with Gasteiger partial charge in [0.1, 0.15) is 0 Å². The van der Waals surface area contributed by atoms with Gasteiger partial charge in [-0.3, -0.25) is 4.79 Å². The third-order valence-corrected chi connectivity index (χ3v) is 4.53. The summed E-state index contributed by atoms with van der Waals surface area (Å²) in [4.78, 5) is 12.7. The van der Waals surface area contributed by atoms with E-state index >= 15 is 8.63 Å². The lowest BCUT2D eigenvalue weighted by atomic mass is 9.86. The Morgan fingerprint density at radius 2 is 2.17 bits per heavy atom. The molecule has 1 amide bonds. The third kappa shape index (κ3) is 2.48. The molecule has 1 unspecified atom stereocenters. The smallest absolute Gasteiger partial charge is 0.464 e. The van der Waals surface area contributed by atoms with Gasteiger partial charge in [-0.25, -0.2) is 0 Å². The van der Waals surface area contributed by atoms with Crippen molar-refractivity contribution in [2.45, 2.75) is 32.7 Å². The Balaban J connectivity index is 1.88. The Morgan fingerprint density at radius 1 is 1.43 bits per heavy atom. The average Bonchev–Trinajstić information content (AvgIpc) is 3.00. The van der Waals surface area contributed by atoms with E-state index in [0.29, 0.717) is 30.1 Å². The Kier molecular flexibility index (Phi) is 3.82. The highest BCUT2D eigenvalue weighted by molar-refractivity contribution is 6.63. The monoisotopic (exact) mass is 319 g/mol. The Hall–Kier alpha value is -2.05. The van der Waals surface area contributed by atoms with Crippen molar-refractivity contribution in [3.63, 3.8) is 0 Å². The van der Waals surface area contributed by atoms with Crippen LogP contribution in [0.2, 0.25) is 0 Å². The topological polar surface area (TPSA) is 37.3 Å². The molecule has 3 rings (SSSR count). The molecule has 0 aliphatic carbocycles. The number of carbonyl (C=O) groups excluding carboxylic acids is 1. The number of aryl methyl sites for hydroxylation is 2. The van der Waals surface area contributed by atoms with Crippen LogP contribution in [0.15, 0.2) is 23.9 Å². The summed E-state index contributed by atoms with van der Waals surface area (Å²) in [6.07, 6.45) is 5.84. The first-order chi connectivity index (χ1) is 10.9. The molecule has 7 heteroatoms. The second kappa shape index (κ2) is 5.55. The number of aromatic nitrogens is 1. The molecule has 124 valence electrons. The highest BCUT2D eigenvalue weighted by Gasteiger charge is 2.45. The van der Waals surface area contributed by atoms with Gasteiger partial charge in [-0.1, -0.05) is 6.08 Å². The maximum absolute atomic E-state index is 15.1. The van der Waals surface area contributed by atoms with Crippen LogP contribution in [0.3, 0.4) is 0 Å². The molecule has 2 aliphatic rings. The minimum Gasteiger partial charge on any atom is -0.464 e. The van der Waals surface area contributed by atoms with Crippen molar-refractivity contribution >= 4 is 19.0 Å². The molecule has 23 heavy (non-hydrogen) atoms. The largest absolute Gasteiger partial charge is 0.529 e.